The molecule has 0 aliphatic heterocycles. The second-order valence-corrected chi connectivity index (χ2v) is 6.78. The van der Waals surface area contributed by atoms with Crippen LogP contribution in [0.15, 0.2) is 77.7 Å². The number of hydrogen-bond acceptors (Lipinski definition) is 5. The molecule has 1 heterocycles. The molecule has 8 heteroatoms. The van der Waals surface area contributed by atoms with E-state index in [1.54, 1.807) is 0 Å². The van der Waals surface area contributed by atoms with Gasteiger partial charge in [0.2, 0.25) is 0 Å². The van der Waals surface area contributed by atoms with E-state index in [1.807, 2.05) is 36.4 Å². The van der Waals surface area contributed by atoms with E-state index in [2.05, 4.69) is 16.5 Å². The zero-order valence-corrected chi connectivity index (χ0v) is 15.8. The summed E-state index contributed by atoms with van der Waals surface area (Å²) >= 11 is 6.25. The number of rotatable bonds is 5. The van der Waals surface area contributed by atoms with E-state index >= 15 is 0 Å². The van der Waals surface area contributed by atoms with Crippen molar-refractivity contribution in [1.29, 1.82) is 0 Å². The molecule has 0 radical (unpaired) electrons. The van der Waals surface area contributed by atoms with Crippen LogP contribution in [0.25, 0.3) is 16.5 Å². The van der Waals surface area contributed by atoms with Gasteiger partial charge in [0.05, 0.1) is 22.5 Å². The van der Waals surface area contributed by atoms with Gasteiger partial charge in [0.15, 0.2) is 0 Å². The molecule has 0 aliphatic carbocycles. The van der Waals surface area contributed by atoms with Crippen molar-refractivity contribution in [2.75, 3.05) is 5.32 Å². The number of nitrogens with zero attached hydrogens (tertiary/aromatic N) is 3. The van der Waals surface area contributed by atoms with Crippen LogP contribution in [0.5, 0.6) is 0 Å². The zero-order chi connectivity index (χ0) is 20.4. The smallest absolute Gasteiger partial charge is 0.292 e. The molecule has 0 aliphatic rings. The minimum Gasteiger partial charge on any atom is -0.378 e. The Kier molecular flexibility index (Phi) is 4.97. The largest absolute Gasteiger partial charge is 0.378 e. The normalized spacial score (nSPS) is 10.8. The van der Waals surface area contributed by atoms with Crippen molar-refractivity contribution in [3.05, 3.63) is 104 Å². The molecule has 29 heavy (non-hydrogen) atoms. The highest BCUT2D eigenvalue weighted by Gasteiger charge is 2.12. The molecule has 0 unspecified atom stereocenters. The number of nitro benzene ring substituents is 1. The molecule has 0 amide bonds. The minimum atomic E-state index is -0.510. The number of fused-ring (bicyclic) bond motifs is 1. The number of aromatic nitrogens is 2. The fourth-order valence-electron chi connectivity index (χ4n) is 3.00. The summed E-state index contributed by atoms with van der Waals surface area (Å²) in [5, 5.41) is 20.3. The Bertz CT molecular complexity index is 1270. The Balaban J connectivity index is 1.56. The van der Waals surface area contributed by atoms with Gasteiger partial charge in [0, 0.05) is 18.7 Å². The Labute approximate surface area is 170 Å². The third-order valence-corrected chi connectivity index (χ3v) is 4.89. The van der Waals surface area contributed by atoms with E-state index in [9.17, 15) is 14.9 Å². The van der Waals surface area contributed by atoms with E-state index in [4.69, 9.17) is 11.6 Å². The maximum absolute atomic E-state index is 12.6. The van der Waals surface area contributed by atoms with Crippen LogP contribution in [0.3, 0.4) is 0 Å². The zero-order valence-electron chi connectivity index (χ0n) is 15.1. The third kappa shape index (κ3) is 3.81. The van der Waals surface area contributed by atoms with E-state index in [0.717, 1.165) is 21.0 Å². The first-order valence-corrected chi connectivity index (χ1v) is 9.15. The lowest BCUT2D eigenvalue weighted by Gasteiger charge is -2.11. The number of nitrogens with one attached hydrogen (secondary N) is 1. The van der Waals surface area contributed by atoms with Crippen molar-refractivity contribution < 1.29 is 4.92 Å². The molecule has 1 aromatic heterocycles. The lowest BCUT2D eigenvalue weighted by molar-refractivity contribution is -0.384. The van der Waals surface area contributed by atoms with E-state index in [-0.39, 0.29) is 10.7 Å². The lowest BCUT2D eigenvalue weighted by Crippen LogP contribution is -2.22. The molecule has 1 N–H and O–H groups in total. The molecule has 0 atom stereocenters. The Morgan fingerprint density at radius 1 is 1.03 bits per heavy atom. The first-order chi connectivity index (χ1) is 14.0. The van der Waals surface area contributed by atoms with E-state index < -0.39 is 10.5 Å². The highest BCUT2D eigenvalue weighted by Crippen LogP contribution is 2.20. The standard InChI is InChI=1S/C21H15ClN4O3/c22-20-19(23-12-14-5-6-15-3-1-2-4-16(15)11-14)13-24-25(21(20)27)17-7-9-18(10-8-17)26(28)29/h1-11,13,23H,12H2. The molecule has 0 saturated heterocycles. The average Bonchev–Trinajstić information content (AvgIpc) is 2.75. The maximum Gasteiger partial charge on any atom is 0.292 e. The summed E-state index contributed by atoms with van der Waals surface area (Å²) in [5.74, 6) is 0. The van der Waals surface area contributed by atoms with E-state index in [1.165, 1.54) is 30.5 Å². The molecular weight excluding hydrogens is 392 g/mol. The average molecular weight is 407 g/mol. The summed E-state index contributed by atoms with van der Waals surface area (Å²) < 4.78 is 1.10. The minimum absolute atomic E-state index is 0.000794. The SMILES string of the molecule is O=c1c(Cl)c(NCc2ccc3ccccc3c2)cnn1-c1ccc([N+](=O)[O-])cc1. The molecule has 144 valence electrons. The van der Waals surface area contributed by atoms with Crippen molar-refractivity contribution in [3.8, 4) is 5.69 Å². The van der Waals surface area contributed by atoms with E-state index in [0.29, 0.717) is 17.9 Å². The number of non-ortho nitro benzene ring substituents is 1. The second-order valence-electron chi connectivity index (χ2n) is 6.40. The Morgan fingerprint density at radius 3 is 2.48 bits per heavy atom. The topological polar surface area (TPSA) is 90.1 Å². The van der Waals surface area contributed by atoms with Crippen LogP contribution in [-0.2, 0) is 6.54 Å². The molecule has 0 fully saturated rings. The molecule has 0 spiro atoms. The monoisotopic (exact) mass is 406 g/mol. The predicted octanol–water partition coefficient (Wildman–Crippen LogP) is 4.56. The van der Waals surface area contributed by atoms with Crippen LogP contribution in [-0.4, -0.2) is 14.7 Å². The van der Waals surface area contributed by atoms with Gasteiger partial charge in [0.1, 0.15) is 5.02 Å². The molecular formula is C21H15ClN4O3. The molecule has 0 bridgehead atoms. The first-order valence-electron chi connectivity index (χ1n) is 8.77. The Hall–Kier alpha value is -3.71. The van der Waals surface area contributed by atoms with Gasteiger partial charge < -0.3 is 5.32 Å². The predicted molar refractivity (Wildman–Crippen MR) is 113 cm³/mol. The molecule has 4 rings (SSSR count). The summed E-state index contributed by atoms with van der Waals surface area (Å²) in [5.41, 5.74) is 1.27. The van der Waals surface area contributed by atoms with Crippen molar-refractivity contribution in [1.82, 2.24) is 9.78 Å². The van der Waals surface area contributed by atoms with Crippen LogP contribution < -0.4 is 10.9 Å². The first kappa shape index (κ1) is 18.6. The molecule has 4 aromatic rings. The number of hydrogen-bond donors (Lipinski definition) is 1. The maximum atomic E-state index is 12.6. The van der Waals surface area contributed by atoms with Crippen molar-refractivity contribution >= 4 is 33.7 Å². The number of halogens is 1. The summed E-state index contributed by atoms with van der Waals surface area (Å²) in [6, 6.07) is 19.7. The summed E-state index contributed by atoms with van der Waals surface area (Å²) in [7, 11) is 0. The molecule has 7 nitrogen and oxygen atoms in total. The number of anilines is 1. The third-order valence-electron chi connectivity index (χ3n) is 4.52. The van der Waals surface area contributed by atoms with Gasteiger partial charge in [0.25, 0.3) is 11.2 Å². The number of nitro groups is 1. The summed E-state index contributed by atoms with van der Waals surface area (Å²) in [6.07, 6.45) is 1.46. The molecule has 0 saturated carbocycles. The number of benzene rings is 3. The Morgan fingerprint density at radius 2 is 1.76 bits per heavy atom. The van der Waals surface area contributed by atoms with Crippen LogP contribution in [0, 0.1) is 10.1 Å². The van der Waals surface area contributed by atoms with Crippen molar-refractivity contribution in [2.24, 2.45) is 0 Å². The van der Waals surface area contributed by atoms with Crippen LogP contribution >= 0.6 is 11.6 Å². The molecule has 3 aromatic carbocycles. The van der Waals surface area contributed by atoms with Crippen molar-refractivity contribution in [2.45, 2.75) is 6.54 Å². The van der Waals surface area contributed by atoms with Gasteiger partial charge in [-0.25, -0.2) is 0 Å². The summed E-state index contributed by atoms with van der Waals surface area (Å²) in [4.78, 5) is 22.9. The van der Waals surface area contributed by atoms with Crippen LogP contribution in [0.1, 0.15) is 5.56 Å². The lowest BCUT2D eigenvalue weighted by atomic mass is 10.1. The van der Waals surface area contributed by atoms with Gasteiger partial charge in [-0.3, -0.25) is 14.9 Å². The van der Waals surface area contributed by atoms with Gasteiger partial charge in [-0.1, -0.05) is 48.0 Å². The van der Waals surface area contributed by atoms with Crippen LogP contribution in [0.4, 0.5) is 11.4 Å². The fraction of sp³-hybridized carbons (Fsp3) is 0.0476. The van der Waals surface area contributed by atoms with Crippen molar-refractivity contribution in [3.63, 3.8) is 0 Å². The summed E-state index contributed by atoms with van der Waals surface area (Å²) in [6.45, 7) is 0.479. The fourth-order valence-corrected chi connectivity index (χ4v) is 3.20. The second kappa shape index (κ2) is 7.73. The van der Waals surface area contributed by atoms with Gasteiger partial charge in [-0.2, -0.15) is 9.78 Å². The highest BCUT2D eigenvalue weighted by molar-refractivity contribution is 6.32. The van der Waals surface area contributed by atoms with Gasteiger partial charge >= 0.3 is 0 Å². The van der Waals surface area contributed by atoms with Crippen LogP contribution in [0.2, 0.25) is 5.02 Å². The van der Waals surface area contributed by atoms with Gasteiger partial charge in [-0.15, -0.1) is 0 Å². The highest BCUT2D eigenvalue weighted by atomic mass is 35.5. The van der Waals surface area contributed by atoms with Gasteiger partial charge in [-0.05, 0) is 34.5 Å². The quantitative estimate of drug-likeness (QED) is 0.387.